The Kier molecular flexibility index (Phi) is 8.52. The molecule has 0 aliphatic carbocycles. The lowest BCUT2D eigenvalue weighted by molar-refractivity contribution is 0.0827. The molecule has 0 heterocycles. The molecule has 0 fully saturated rings. The van der Waals surface area contributed by atoms with Gasteiger partial charge in [-0.15, -0.1) is 0 Å². The summed E-state index contributed by atoms with van der Waals surface area (Å²) in [5, 5.41) is 6.64. The van der Waals surface area contributed by atoms with Crippen molar-refractivity contribution in [3.8, 4) is 5.75 Å². The highest BCUT2D eigenvalue weighted by Gasteiger charge is 2.08. The summed E-state index contributed by atoms with van der Waals surface area (Å²) in [4.78, 5) is 18.4. The molecular weight excluding hydrogens is 364 g/mol. The summed E-state index contributed by atoms with van der Waals surface area (Å²) in [5.41, 5.74) is 4.07. The summed E-state index contributed by atoms with van der Waals surface area (Å²) in [6.45, 7) is 6.19. The number of amides is 1. The molecule has 6 heteroatoms. The maximum Gasteiger partial charge on any atom is 0.253 e. The molecule has 0 spiro atoms. The molecular formula is C23H32N4O2. The highest BCUT2D eigenvalue weighted by Crippen LogP contribution is 2.18. The molecule has 29 heavy (non-hydrogen) atoms. The van der Waals surface area contributed by atoms with Gasteiger partial charge >= 0.3 is 0 Å². The molecule has 1 amide bonds. The van der Waals surface area contributed by atoms with E-state index in [0.29, 0.717) is 12.1 Å². The third kappa shape index (κ3) is 6.82. The molecule has 0 aliphatic heterocycles. The average molecular weight is 397 g/mol. The average Bonchev–Trinajstić information content (AvgIpc) is 2.71. The van der Waals surface area contributed by atoms with Gasteiger partial charge in [-0.3, -0.25) is 4.79 Å². The first-order valence-corrected chi connectivity index (χ1v) is 9.91. The molecule has 0 bridgehead atoms. The van der Waals surface area contributed by atoms with Crippen LogP contribution in [0.3, 0.4) is 0 Å². The van der Waals surface area contributed by atoms with Gasteiger partial charge in [0.25, 0.3) is 5.91 Å². The van der Waals surface area contributed by atoms with Crippen molar-refractivity contribution in [2.75, 3.05) is 34.3 Å². The number of aliphatic imine (C=N–C) groups is 1. The number of hydrogen-bond acceptors (Lipinski definition) is 3. The predicted octanol–water partition coefficient (Wildman–Crippen LogP) is 3.00. The van der Waals surface area contributed by atoms with Crippen molar-refractivity contribution in [2.24, 2.45) is 4.99 Å². The van der Waals surface area contributed by atoms with Crippen LogP contribution in [0.5, 0.6) is 5.75 Å². The molecule has 0 unspecified atom stereocenters. The van der Waals surface area contributed by atoms with E-state index in [9.17, 15) is 4.79 Å². The van der Waals surface area contributed by atoms with Crippen LogP contribution in [0.1, 0.15) is 34.0 Å². The zero-order chi connectivity index (χ0) is 21.2. The molecule has 2 N–H and O–H groups in total. The highest BCUT2D eigenvalue weighted by molar-refractivity contribution is 5.94. The monoisotopic (exact) mass is 396 g/mol. The van der Waals surface area contributed by atoms with Crippen LogP contribution in [0.2, 0.25) is 0 Å². The van der Waals surface area contributed by atoms with Crippen LogP contribution in [-0.2, 0) is 13.0 Å². The van der Waals surface area contributed by atoms with Crippen LogP contribution in [0.4, 0.5) is 0 Å². The second kappa shape index (κ2) is 11.1. The van der Waals surface area contributed by atoms with E-state index in [1.54, 1.807) is 26.1 Å². The van der Waals surface area contributed by atoms with E-state index in [0.717, 1.165) is 47.9 Å². The molecule has 0 radical (unpaired) electrons. The third-order valence-corrected chi connectivity index (χ3v) is 4.51. The first-order chi connectivity index (χ1) is 13.9. The van der Waals surface area contributed by atoms with Crippen molar-refractivity contribution >= 4 is 11.9 Å². The maximum absolute atomic E-state index is 12.1. The first kappa shape index (κ1) is 22.3. The zero-order valence-electron chi connectivity index (χ0n) is 18.1. The Hall–Kier alpha value is -3.02. The molecule has 0 aliphatic rings. The molecule has 2 aromatic carbocycles. The lowest BCUT2D eigenvalue weighted by atomic mass is 10.1. The van der Waals surface area contributed by atoms with E-state index in [2.05, 4.69) is 21.7 Å². The highest BCUT2D eigenvalue weighted by atomic mass is 16.5. The molecule has 2 rings (SSSR count). The number of ether oxygens (including phenoxy) is 1. The fourth-order valence-corrected chi connectivity index (χ4v) is 2.99. The fraction of sp³-hybridized carbons (Fsp3) is 0.391. The minimum atomic E-state index is 0.0181. The van der Waals surface area contributed by atoms with Crippen molar-refractivity contribution in [1.29, 1.82) is 0 Å². The van der Waals surface area contributed by atoms with Crippen LogP contribution in [0, 0.1) is 6.92 Å². The molecule has 156 valence electrons. The number of benzene rings is 2. The Morgan fingerprint density at radius 3 is 2.55 bits per heavy atom. The smallest absolute Gasteiger partial charge is 0.253 e. The van der Waals surface area contributed by atoms with E-state index in [4.69, 9.17) is 4.74 Å². The van der Waals surface area contributed by atoms with Gasteiger partial charge in [0.1, 0.15) is 5.75 Å². The zero-order valence-corrected chi connectivity index (χ0v) is 18.1. The van der Waals surface area contributed by atoms with Gasteiger partial charge in [-0.1, -0.05) is 24.3 Å². The van der Waals surface area contributed by atoms with E-state index in [1.807, 2.05) is 50.2 Å². The van der Waals surface area contributed by atoms with Gasteiger partial charge in [-0.25, -0.2) is 4.99 Å². The minimum absolute atomic E-state index is 0.0181. The quantitative estimate of drug-likeness (QED) is 0.532. The van der Waals surface area contributed by atoms with Gasteiger partial charge in [-0.05, 0) is 55.2 Å². The first-order valence-electron chi connectivity index (χ1n) is 9.91. The summed E-state index contributed by atoms with van der Waals surface area (Å²) in [6, 6.07) is 13.9. The van der Waals surface area contributed by atoms with E-state index in [1.165, 1.54) is 0 Å². The maximum atomic E-state index is 12.1. The Labute approximate surface area is 174 Å². The second-order valence-corrected chi connectivity index (χ2v) is 7.08. The van der Waals surface area contributed by atoms with Crippen LogP contribution in [0.15, 0.2) is 47.5 Å². The van der Waals surface area contributed by atoms with Crippen molar-refractivity contribution in [3.63, 3.8) is 0 Å². The number of nitrogens with one attached hydrogen (secondary N) is 2. The van der Waals surface area contributed by atoms with Crippen molar-refractivity contribution < 1.29 is 9.53 Å². The summed E-state index contributed by atoms with van der Waals surface area (Å²) < 4.78 is 5.31. The Bertz CT molecular complexity index is 847. The van der Waals surface area contributed by atoms with Crippen LogP contribution in [0.25, 0.3) is 0 Å². The predicted molar refractivity (Wildman–Crippen MR) is 119 cm³/mol. The summed E-state index contributed by atoms with van der Waals surface area (Å²) in [7, 11) is 5.21. The lowest BCUT2D eigenvalue weighted by Crippen LogP contribution is -2.38. The minimum Gasteiger partial charge on any atom is -0.496 e. The van der Waals surface area contributed by atoms with Crippen LogP contribution < -0.4 is 15.4 Å². The van der Waals surface area contributed by atoms with Gasteiger partial charge in [0.05, 0.1) is 13.7 Å². The van der Waals surface area contributed by atoms with Gasteiger partial charge in [0, 0.05) is 32.7 Å². The fourth-order valence-electron chi connectivity index (χ4n) is 2.99. The van der Waals surface area contributed by atoms with E-state index < -0.39 is 0 Å². The number of guanidine groups is 1. The standard InChI is InChI=1S/C23H32N4O2/c1-6-24-23(26-16-19-10-11-21(29-5)17(2)14-19)25-13-12-18-8-7-9-20(15-18)22(28)27(3)4/h7-11,14-15H,6,12-13,16H2,1-5H3,(H2,24,25,26). The van der Waals surface area contributed by atoms with Crippen LogP contribution >= 0.6 is 0 Å². The van der Waals surface area contributed by atoms with Gasteiger partial charge in [-0.2, -0.15) is 0 Å². The Morgan fingerprint density at radius 1 is 1.10 bits per heavy atom. The number of hydrogen-bond donors (Lipinski definition) is 2. The molecule has 0 aromatic heterocycles. The summed E-state index contributed by atoms with van der Waals surface area (Å²) in [5.74, 6) is 1.68. The molecule has 0 saturated heterocycles. The van der Waals surface area contributed by atoms with Crippen molar-refractivity contribution in [2.45, 2.75) is 26.8 Å². The molecule has 0 atom stereocenters. The summed E-state index contributed by atoms with van der Waals surface area (Å²) >= 11 is 0. The second-order valence-electron chi connectivity index (χ2n) is 7.08. The largest absolute Gasteiger partial charge is 0.496 e. The van der Waals surface area contributed by atoms with E-state index in [-0.39, 0.29) is 5.91 Å². The normalized spacial score (nSPS) is 11.1. The van der Waals surface area contributed by atoms with Gasteiger partial charge in [0.15, 0.2) is 5.96 Å². The Balaban J connectivity index is 1.95. The summed E-state index contributed by atoms with van der Waals surface area (Å²) in [6.07, 6.45) is 0.806. The number of carbonyl (C=O) groups is 1. The third-order valence-electron chi connectivity index (χ3n) is 4.51. The number of methoxy groups -OCH3 is 1. The molecule has 6 nitrogen and oxygen atoms in total. The number of nitrogens with zero attached hydrogens (tertiary/aromatic N) is 2. The van der Waals surface area contributed by atoms with Gasteiger partial charge in [0.2, 0.25) is 0 Å². The van der Waals surface area contributed by atoms with Gasteiger partial charge < -0.3 is 20.3 Å². The van der Waals surface area contributed by atoms with E-state index >= 15 is 0 Å². The van der Waals surface area contributed by atoms with Crippen molar-refractivity contribution in [3.05, 3.63) is 64.7 Å². The number of carbonyl (C=O) groups excluding carboxylic acids is 1. The molecule has 2 aromatic rings. The number of rotatable bonds is 8. The van der Waals surface area contributed by atoms with Crippen LogP contribution in [-0.4, -0.2) is 51.1 Å². The number of aryl methyl sites for hydroxylation is 1. The SMILES string of the molecule is CCNC(=NCc1ccc(OC)c(C)c1)NCCc1cccc(C(=O)N(C)C)c1. The topological polar surface area (TPSA) is 66.0 Å². The lowest BCUT2D eigenvalue weighted by Gasteiger charge is -2.13. The Morgan fingerprint density at radius 2 is 1.90 bits per heavy atom. The van der Waals surface area contributed by atoms with Crippen molar-refractivity contribution in [1.82, 2.24) is 15.5 Å². The molecule has 0 saturated carbocycles.